The topological polar surface area (TPSA) is 55.4 Å². The van der Waals surface area contributed by atoms with E-state index in [0.29, 0.717) is 11.5 Å². The molecule has 0 spiro atoms. The van der Waals surface area contributed by atoms with Gasteiger partial charge in [0.2, 0.25) is 10.0 Å². The number of nitrogens with one attached hydrogen (secondary N) is 1. The van der Waals surface area contributed by atoms with E-state index in [2.05, 4.69) is 4.72 Å². The number of rotatable bonds is 5. The van der Waals surface area contributed by atoms with Crippen LogP contribution in [0.5, 0.6) is 0 Å². The summed E-state index contributed by atoms with van der Waals surface area (Å²) in [5.74, 6) is 0. The summed E-state index contributed by atoms with van der Waals surface area (Å²) >= 11 is 0. The van der Waals surface area contributed by atoms with E-state index in [-0.39, 0.29) is 6.04 Å². The highest BCUT2D eigenvalue weighted by Gasteiger charge is 2.23. The zero-order valence-corrected chi connectivity index (χ0v) is 13.3. The predicted octanol–water partition coefficient (Wildman–Crippen LogP) is 2.23. The van der Waals surface area contributed by atoms with Crippen LogP contribution in [0.1, 0.15) is 29.2 Å². The molecule has 1 N–H and O–H groups in total. The number of methoxy groups -OCH3 is 1. The average Bonchev–Trinajstić information content (AvgIpc) is 2.25. The van der Waals surface area contributed by atoms with Crippen LogP contribution < -0.4 is 4.72 Å². The maximum atomic E-state index is 12.5. The van der Waals surface area contributed by atoms with Crippen molar-refractivity contribution in [1.82, 2.24) is 4.72 Å². The van der Waals surface area contributed by atoms with Gasteiger partial charge in [-0.05, 0) is 56.9 Å². The van der Waals surface area contributed by atoms with E-state index in [9.17, 15) is 8.42 Å². The van der Waals surface area contributed by atoms with Gasteiger partial charge in [-0.25, -0.2) is 13.1 Å². The Labute approximate surface area is 116 Å². The van der Waals surface area contributed by atoms with Crippen LogP contribution in [0.15, 0.2) is 11.0 Å². The number of hydrogen-bond donors (Lipinski definition) is 1. The van der Waals surface area contributed by atoms with Crippen LogP contribution in [0.4, 0.5) is 0 Å². The smallest absolute Gasteiger partial charge is 0.241 e. The Bertz CT molecular complexity index is 538. The highest BCUT2D eigenvalue weighted by atomic mass is 32.2. The highest BCUT2D eigenvalue weighted by Crippen LogP contribution is 2.26. The fourth-order valence-electron chi connectivity index (χ4n) is 2.19. The van der Waals surface area contributed by atoms with E-state index in [0.717, 1.165) is 22.3 Å². The molecule has 0 aliphatic rings. The Morgan fingerprint density at radius 3 is 2.05 bits per heavy atom. The second-order valence-corrected chi connectivity index (χ2v) is 6.72. The molecule has 0 saturated heterocycles. The van der Waals surface area contributed by atoms with Crippen molar-refractivity contribution < 1.29 is 13.2 Å². The molecular formula is C14H23NO3S. The van der Waals surface area contributed by atoms with Gasteiger partial charge in [0, 0.05) is 13.2 Å². The average molecular weight is 285 g/mol. The van der Waals surface area contributed by atoms with Crippen LogP contribution in [0.3, 0.4) is 0 Å². The maximum absolute atomic E-state index is 12.5. The molecule has 0 aliphatic carbocycles. The SMILES string of the molecule is COCC(C)NS(=O)(=O)c1c(C)c(C)cc(C)c1C. The molecule has 1 aromatic carbocycles. The summed E-state index contributed by atoms with van der Waals surface area (Å²) < 4.78 is 32.6. The molecule has 0 heterocycles. The Hall–Kier alpha value is -0.910. The fourth-order valence-corrected chi connectivity index (χ4v) is 4.04. The molecule has 0 amide bonds. The van der Waals surface area contributed by atoms with E-state index >= 15 is 0 Å². The van der Waals surface area contributed by atoms with Crippen molar-refractivity contribution in [2.24, 2.45) is 0 Å². The maximum Gasteiger partial charge on any atom is 0.241 e. The summed E-state index contributed by atoms with van der Waals surface area (Å²) in [6.45, 7) is 9.68. The first-order chi connectivity index (χ1) is 8.70. The lowest BCUT2D eigenvalue weighted by atomic mass is 10.0. The third kappa shape index (κ3) is 3.55. The van der Waals surface area contributed by atoms with Crippen molar-refractivity contribution in [2.75, 3.05) is 13.7 Å². The summed E-state index contributed by atoms with van der Waals surface area (Å²) in [5, 5.41) is 0. The Balaban J connectivity index is 3.29. The molecule has 5 heteroatoms. The van der Waals surface area contributed by atoms with Gasteiger partial charge in [-0.1, -0.05) is 6.07 Å². The lowest BCUT2D eigenvalue weighted by Gasteiger charge is -2.18. The quantitative estimate of drug-likeness (QED) is 0.902. The van der Waals surface area contributed by atoms with E-state index < -0.39 is 10.0 Å². The summed E-state index contributed by atoms with van der Waals surface area (Å²) in [5.41, 5.74) is 3.59. The van der Waals surface area contributed by atoms with Gasteiger partial charge in [0.25, 0.3) is 0 Å². The summed E-state index contributed by atoms with van der Waals surface area (Å²) in [4.78, 5) is 0.396. The van der Waals surface area contributed by atoms with Crippen molar-refractivity contribution in [3.63, 3.8) is 0 Å². The third-order valence-electron chi connectivity index (χ3n) is 3.34. The highest BCUT2D eigenvalue weighted by molar-refractivity contribution is 7.89. The van der Waals surface area contributed by atoms with Crippen LogP contribution in [-0.4, -0.2) is 28.2 Å². The lowest BCUT2D eigenvalue weighted by Crippen LogP contribution is -2.36. The van der Waals surface area contributed by atoms with E-state index in [1.165, 1.54) is 0 Å². The molecule has 1 rings (SSSR count). The first-order valence-electron chi connectivity index (χ1n) is 6.29. The first kappa shape index (κ1) is 16.1. The van der Waals surface area contributed by atoms with Crippen molar-refractivity contribution >= 4 is 10.0 Å². The van der Waals surface area contributed by atoms with Gasteiger partial charge in [0.05, 0.1) is 11.5 Å². The number of hydrogen-bond acceptors (Lipinski definition) is 3. The molecule has 1 atom stereocenters. The van der Waals surface area contributed by atoms with E-state index in [1.54, 1.807) is 14.0 Å². The summed E-state index contributed by atoms with van der Waals surface area (Å²) in [6.07, 6.45) is 0. The molecule has 108 valence electrons. The molecule has 19 heavy (non-hydrogen) atoms. The van der Waals surface area contributed by atoms with Gasteiger partial charge in [-0.15, -0.1) is 0 Å². The second kappa shape index (κ2) is 6.03. The van der Waals surface area contributed by atoms with Gasteiger partial charge in [-0.3, -0.25) is 0 Å². The molecule has 0 saturated carbocycles. The first-order valence-corrected chi connectivity index (χ1v) is 7.77. The Morgan fingerprint density at radius 1 is 1.16 bits per heavy atom. The molecule has 0 bridgehead atoms. The molecule has 0 fully saturated rings. The number of sulfonamides is 1. The number of benzene rings is 1. The second-order valence-electron chi connectivity index (χ2n) is 5.07. The Kier molecular flexibility index (Phi) is 5.12. The standard InChI is InChI=1S/C14H23NO3S/c1-9-7-10(2)13(5)14(12(9)4)19(16,17)15-11(3)8-18-6/h7,11,15H,8H2,1-6H3. The van der Waals surface area contributed by atoms with Crippen LogP contribution in [0.2, 0.25) is 0 Å². The summed E-state index contributed by atoms with van der Waals surface area (Å²) in [6, 6.07) is 1.76. The minimum Gasteiger partial charge on any atom is -0.383 e. The molecule has 4 nitrogen and oxygen atoms in total. The molecule has 0 radical (unpaired) electrons. The summed E-state index contributed by atoms with van der Waals surface area (Å²) in [7, 11) is -1.96. The molecule has 0 aromatic heterocycles. The zero-order valence-electron chi connectivity index (χ0n) is 12.5. The van der Waals surface area contributed by atoms with Gasteiger partial charge in [-0.2, -0.15) is 0 Å². The molecular weight excluding hydrogens is 262 g/mol. The minimum absolute atomic E-state index is 0.255. The van der Waals surface area contributed by atoms with Crippen molar-refractivity contribution in [2.45, 2.75) is 45.6 Å². The molecule has 1 unspecified atom stereocenters. The van der Waals surface area contributed by atoms with Crippen LogP contribution >= 0.6 is 0 Å². The van der Waals surface area contributed by atoms with E-state index in [1.807, 2.05) is 33.8 Å². The van der Waals surface area contributed by atoms with Crippen LogP contribution in [0.25, 0.3) is 0 Å². The van der Waals surface area contributed by atoms with Crippen molar-refractivity contribution in [3.05, 3.63) is 28.3 Å². The van der Waals surface area contributed by atoms with Gasteiger partial charge in [0.15, 0.2) is 0 Å². The predicted molar refractivity (Wildman–Crippen MR) is 77.0 cm³/mol. The van der Waals surface area contributed by atoms with Crippen LogP contribution in [0, 0.1) is 27.7 Å². The minimum atomic E-state index is -3.52. The van der Waals surface area contributed by atoms with E-state index in [4.69, 9.17) is 4.74 Å². The Morgan fingerprint density at radius 2 is 1.63 bits per heavy atom. The number of ether oxygens (including phenoxy) is 1. The van der Waals surface area contributed by atoms with Gasteiger partial charge < -0.3 is 4.74 Å². The van der Waals surface area contributed by atoms with Crippen molar-refractivity contribution in [1.29, 1.82) is 0 Å². The molecule has 0 aliphatic heterocycles. The normalized spacial score (nSPS) is 13.6. The third-order valence-corrected chi connectivity index (χ3v) is 5.20. The monoisotopic (exact) mass is 285 g/mol. The van der Waals surface area contributed by atoms with Crippen molar-refractivity contribution in [3.8, 4) is 0 Å². The fraction of sp³-hybridized carbons (Fsp3) is 0.571. The molecule has 1 aromatic rings. The van der Waals surface area contributed by atoms with Gasteiger partial charge >= 0.3 is 0 Å². The van der Waals surface area contributed by atoms with Gasteiger partial charge in [0.1, 0.15) is 0 Å². The largest absolute Gasteiger partial charge is 0.383 e. The zero-order chi connectivity index (χ0) is 14.8. The number of aryl methyl sites for hydroxylation is 2. The van der Waals surface area contributed by atoms with Crippen LogP contribution in [-0.2, 0) is 14.8 Å². The lowest BCUT2D eigenvalue weighted by molar-refractivity contribution is 0.180.